The largest absolute Gasteiger partial charge is 0.382 e. The summed E-state index contributed by atoms with van der Waals surface area (Å²) >= 11 is 2.88. The second-order valence-electron chi connectivity index (χ2n) is 7.35. The maximum atomic E-state index is 13.1. The zero-order valence-corrected chi connectivity index (χ0v) is 18.7. The van der Waals surface area contributed by atoms with Gasteiger partial charge in [0.1, 0.15) is 4.83 Å². The number of thioether (sulfide) groups is 1. The van der Waals surface area contributed by atoms with Crippen LogP contribution in [0, 0.1) is 19.8 Å². The summed E-state index contributed by atoms with van der Waals surface area (Å²) in [6.45, 7) is 9.81. The molecule has 0 aliphatic heterocycles. The molecule has 28 heavy (non-hydrogen) atoms. The number of fused-ring (bicyclic) bond motifs is 1. The molecule has 1 aliphatic carbocycles. The highest BCUT2D eigenvalue weighted by Gasteiger charge is 2.29. The van der Waals surface area contributed by atoms with Crippen molar-refractivity contribution in [2.75, 3.05) is 19.0 Å². The summed E-state index contributed by atoms with van der Waals surface area (Å²) in [5.41, 5.74) is 0.987. The molecule has 1 N–H and O–H groups in total. The molecule has 0 unspecified atom stereocenters. The minimum atomic E-state index is -0.0161. The Morgan fingerprint density at radius 3 is 2.86 bits per heavy atom. The van der Waals surface area contributed by atoms with E-state index in [0.717, 1.165) is 21.7 Å². The third kappa shape index (κ3) is 4.96. The molecule has 1 saturated carbocycles. The summed E-state index contributed by atoms with van der Waals surface area (Å²) < 4.78 is 7.13. The third-order valence-corrected chi connectivity index (χ3v) is 7.26. The van der Waals surface area contributed by atoms with Crippen molar-refractivity contribution in [3.63, 3.8) is 0 Å². The molecule has 154 valence electrons. The fraction of sp³-hybridized carbons (Fsp3) is 0.650. The number of rotatable bonds is 10. The number of amides is 1. The Morgan fingerprint density at radius 2 is 2.18 bits per heavy atom. The van der Waals surface area contributed by atoms with Gasteiger partial charge >= 0.3 is 0 Å². The van der Waals surface area contributed by atoms with Crippen molar-refractivity contribution in [1.82, 2.24) is 14.9 Å². The molecule has 0 spiro atoms. The van der Waals surface area contributed by atoms with Crippen LogP contribution in [0.1, 0.15) is 43.6 Å². The Hall–Kier alpha value is -1.38. The van der Waals surface area contributed by atoms with Crippen molar-refractivity contribution >= 4 is 39.2 Å². The zero-order chi connectivity index (χ0) is 20.3. The quantitative estimate of drug-likeness (QED) is 0.360. The van der Waals surface area contributed by atoms with Gasteiger partial charge in [0.05, 0.1) is 11.1 Å². The van der Waals surface area contributed by atoms with E-state index in [1.165, 1.54) is 24.6 Å². The van der Waals surface area contributed by atoms with E-state index in [2.05, 4.69) is 12.2 Å². The highest BCUT2D eigenvalue weighted by atomic mass is 32.2. The normalized spacial score (nSPS) is 15.1. The maximum Gasteiger partial charge on any atom is 0.263 e. The predicted molar refractivity (Wildman–Crippen MR) is 116 cm³/mol. The Kier molecular flexibility index (Phi) is 7.17. The van der Waals surface area contributed by atoms with Crippen molar-refractivity contribution in [2.24, 2.45) is 5.92 Å². The van der Waals surface area contributed by atoms with Gasteiger partial charge in [-0.25, -0.2) is 4.98 Å². The summed E-state index contributed by atoms with van der Waals surface area (Å²) in [7, 11) is 0. The molecule has 3 rings (SSSR count). The molecular formula is C20H29N3O3S2. The molecule has 0 bridgehead atoms. The predicted octanol–water partition coefficient (Wildman–Crippen LogP) is 3.51. The fourth-order valence-corrected chi connectivity index (χ4v) is 5.13. The van der Waals surface area contributed by atoms with E-state index >= 15 is 0 Å². The van der Waals surface area contributed by atoms with Crippen LogP contribution >= 0.6 is 23.1 Å². The van der Waals surface area contributed by atoms with Gasteiger partial charge in [0.25, 0.3) is 5.56 Å². The van der Waals surface area contributed by atoms with Crippen LogP contribution < -0.4 is 10.9 Å². The van der Waals surface area contributed by atoms with Gasteiger partial charge in [-0.1, -0.05) is 11.8 Å². The minimum Gasteiger partial charge on any atom is -0.382 e. The van der Waals surface area contributed by atoms with Gasteiger partial charge in [-0.05, 0) is 58.4 Å². The first-order valence-electron chi connectivity index (χ1n) is 9.92. The van der Waals surface area contributed by atoms with Crippen molar-refractivity contribution < 1.29 is 9.53 Å². The van der Waals surface area contributed by atoms with Gasteiger partial charge in [0.15, 0.2) is 5.16 Å². The lowest BCUT2D eigenvalue weighted by Crippen LogP contribution is -2.35. The number of carbonyl (C=O) groups excluding carboxylic acids is 1. The van der Waals surface area contributed by atoms with E-state index in [1.54, 1.807) is 15.9 Å². The lowest BCUT2D eigenvalue weighted by atomic mass is 10.2. The third-order valence-electron chi connectivity index (χ3n) is 5.18. The first kappa shape index (κ1) is 21.3. The minimum absolute atomic E-state index is 0.00171. The molecule has 0 radical (unpaired) electrons. The molecule has 2 aromatic rings. The van der Waals surface area contributed by atoms with Crippen LogP contribution in [0.25, 0.3) is 10.2 Å². The first-order chi connectivity index (χ1) is 13.4. The van der Waals surface area contributed by atoms with Gasteiger partial charge in [-0.3, -0.25) is 14.2 Å². The lowest BCUT2D eigenvalue weighted by molar-refractivity contribution is -0.119. The molecule has 8 heteroatoms. The van der Waals surface area contributed by atoms with E-state index in [1.807, 2.05) is 20.8 Å². The number of hydrogen-bond acceptors (Lipinski definition) is 6. The highest BCUT2D eigenvalue weighted by Crippen LogP contribution is 2.32. The van der Waals surface area contributed by atoms with E-state index in [9.17, 15) is 9.59 Å². The van der Waals surface area contributed by atoms with Crippen molar-refractivity contribution in [2.45, 2.75) is 64.7 Å². The Bertz CT molecular complexity index is 902. The zero-order valence-electron chi connectivity index (χ0n) is 17.0. The van der Waals surface area contributed by atoms with E-state index < -0.39 is 0 Å². The lowest BCUT2D eigenvalue weighted by Gasteiger charge is -2.14. The standard InChI is InChI=1S/C20H29N3O3S2/c1-5-26-10-6-9-23-19(25)17-12(2)14(4)28-18(17)22-20(23)27-11-16(24)21-13(3)15-7-8-15/h13,15H,5-11H2,1-4H3,(H,21,24)/t13-/m0/s1. The number of nitrogens with one attached hydrogen (secondary N) is 1. The van der Waals surface area contributed by atoms with Crippen LogP contribution in [0.2, 0.25) is 0 Å². The number of carbonyl (C=O) groups is 1. The van der Waals surface area contributed by atoms with Crippen LogP contribution in [0.15, 0.2) is 9.95 Å². The van der Waals surface area contributed by atoms with Crippen LogP contribution in [-0.2, 0) is 16.1 Å². The SMILES string of the molecule is CCOCCCn1c(SCC(=O)N[C@@H](C)C2CC2)nc2sc(C)c(C)c2c1=O. The molecule has 1 amide bonds. The Labute approximate surface area is 174 Å². The second-order valence-corrected chi connectivity index (χ2v) is 9.49. The van der Waals surface area contributed by atoms with Gasteiger partial charge in [0.2, 0.25) is 5.91 Å². The number of hydrogen-bond donors (Lipinski definition) is 1. The number of aryl methyl sites for hydroxylation is 2. The average molecular weight is 424 g/mol. The Morgan fingerprint density at radius 1 is 1.43 bits per heavy atom. The monoisotopic (exact) mass is 423 g/mol. The van der Waals surface area contributed by atoms with E-state index in [0.29, 0.717) is 36.2 Å². The summed E-state index contributed by atoms with van der Waals surface area (Å²) in [5, 5.41) is 4.38. The molecule has 1 aliphatic rings. The van der Waals surface area contributed by atoms with Crippen LogP contribution in [0.4, 0.5) is 0 Å². The van der Waals surface area contributed by atoms with E-state index in [-0.39, 0.29) is 23.3 Å². The molecule has 0 saturated heterocycles. The summed E-state index contributed by atoms with van der Waals surface area (Å²) in [5.74, 6) is 0.888. The number of ether oxygens (including phenoxy) is 1. The molecule has 6 nitrogen and oxygen atoms in total. The molecule has 1 atom stereocenters. The smallest absolute Gasteiger partial charge is 0.263 e. The highest BCUT2D eigenvalue weighted by molar-refractivity contribution is 7.99. The number of thiophene rings is 1. The summed E-state index contributed by atoms with van der Waals surface area (Å²) in [6.07, 6.45) is 3.13. The summed E-state index contributed by atoms with van der Waals surface area (Å²) in [4.78, 5) is 32.1. The number of aromatic nitrogens is 2. The second kappa shape index (κ2) is 9.41. The Balaban J connectivity index is 1.79. The van der Waals surface area contributed by atoms with E-state index in [4.69, 9.17) is 9.72 Å². The number of nitrogens with zero attached hydrogens (tertiary/aromatic N) is 2. The fourth-order valence-electron chi connectivity index (χ4n) is 3.22. The average Bonchev–Trinajstić information content (AvgIpc) is 3.46. The van der Waals surface area contributed by atoms with Crippen LogP contribution in [-0.4, -0.2) is 40.5 Å². The maximum absolute atomic E-state index is 13.1. The molecule has 0 aromatic carbocycles. The van der Waals surface area contributed by atoms with Crippen LogP contribution in [0.3, 0.4) is 0 Å². The molecule has 2 heterocycles. The van der Waals surface area contributed by atoms with Crippen LogP contribution in [0.5, 0.6) is 0 Å². The van der Waals surface area contributed by atoms with Crippen molar-refractivity contribution in [1.29, 1.82) is 0 Å². The van der Waals surface area contributed by atoms with Crippen molar-refractivity contribution in [3.05, 3.63) is 20.8 Å². The van der Waals surface area contributed by atoms with Crippen molar-refractivity contribution in [3.8, 4) is 0 Å². The van der Waals surface area contributed by atoms with Gasteiger partial charge in [0, 0.05) is 30.7 Å². The topological polar surface area (TPSA) is 73.2 Å². The van der Waals surface area contributed by atoms with Gasteiger partial charge in [-0.2, -0.15) is 0 Å². The molecule has 2 aromatic heterocycles. The van der Waals surface area contributed by atoms with Gasteiger partial charge < -0.3 is 10.1 Å². The molecular weight excluding hydrogens is 394 g/mol. The summed E-state index contributed by atoms with van der Waals surface area (Å²) in [6, 6.07) is 0.222. The van der Waals surface area contributed by atoms with Gasteiger partial charge in [-0.15, -0.1) is 11.3 Å². The molecule has 1 fully saturated rings. The first-order valence-corrected chi connectivity index (χ1v) is 11.7.